The summed E-state index contributed by atoms with van der Waals surface area (Å²) < 4.78 is 1.86. The molecule has 3 heterocycles. The minimum atomic E-state index is 0.619. The van der Waals surface area contributed by atoms with Crippen LogP contribution < -0.4 is 5.73 Å². The molecule has 0 aliphatic rings. The second kappa shape index (κ2) is 4.23. The molecule has 3 aromatic rings. The van der Waals surface area contributed by atoms with Gasteiger partial charge in [-0.05, 0) is 18.7 Å². The first kappa shape index (κ1) is 10.4. The molecule has 0 fully saturated rings. The van der Waals surface area contributed by atoms with E-state index in [9.17, 15) is 0 Å². The largest absolute Gasteiger partial charge is 0.330 e. The van der Waals surface area contributed by atoms with Gasteiger partial charge in [0.25, 0.3) is 0 Å². The monoisotopic (exact) mass is 245 g/mol. The molecular formula is C11H11N5S. The second-order valence-electron chi connectivity index (χ2n) is 3.64. The molecule has 3 rings (SSSR count). The van der Waals surface area contributed by atoms with E-state index < -0.39 is 0 Å². The maximum atomic E-state index is 5.56. The van der Waals surface area contributed by atoms with Crippen LogP contribution in [-0.2, 0) is 6.42 Å². The van der Waals surface area contributed by atoms with Crippen LogP contribution in [0, 0.1) is 0 Å². The lowest BCUT2D eigenvalue weighted by atomic mass is 10.3. The predicted octanol–water partition coefficient (Wildman–Crippen LogP) is 1.35. The fraction of sp³-hybridized carbons (Fsp3) is 0.182. The Hall–Kier alpha value is -1.79. The van der Waals surface area contributed by atoms with E-state index in [1.54, 1.807) is 23.7 Å². The summed E-state index contributed by atoms with van der Waals surface area (Å²) in [6, 6.07) is 3.83. The van der Waals surface area contributed by atoms with Gasteiger partial charge in [-0.15, -0.1) is 16.4 Å². The molecule has 0 bridgehead atoms. The molecular weight excluding hydrogens is 234 g/mol. The molecule has 0 aromatic carbocycles. The molecule has 0 aliphatic heterocycles. The van der Waals surface area contributed by atoms with Gasteiger partial charge >= 0.3 is 0 Å². The highest BCUT2D eigenvalue weighted by molar-refractivity contribution is 7.15. The SMILES string of the molecule is NCCc1csc2nc(-c3cccnc3)nn12. The number of rotatable bonds is 3. The fourth-order valence-electron chi connectivity index (χ4n) is 1.66. The van der Waals surface area contributed by atoms with E-state index in [-0.39, 0.29) is 0 Å². The van der Waals surface area contributed by atoms with Gasteiger partial charge in [-0.25, -0.2) is 4.52 Å². The topological polar surface area (TPSA) is 69.1 Å². The summed E-state index contributed by atoms with van der Waals surface area (Å²) in [4.78, 5) is 9.44. The fourth-order valence-corrected chi connectivity index (χ4v) is 2.52. The lowest BCUT2D eigenvalue weighted by molar-refractivity contribution is 0.843. The number of thiazole rings is 1. The summed E-state index contributed by atoms with van der Waals surface area (Å²) in [6.07, 6.45) is 4.32. The average molecular weight is 245 g/mol. The van der Waals surface area contributed by atoms with Gasteiger partial charge in [-0.1, -0.05) is 0 Å². The zero-order valence-electron chi connectivity index (χ0n) is 9.08. The minimum Gasteiger partial charge on any atom is -0.330 e. The van der Waals surface area contributed by atoms with E-state index in [0.29, 0.717) is 12.4 Å². The molecule has 6 heteroatoms. The Balaban J connectivity index is 2.08. The van der Waals surface area contributed by atoms with Gasteiger partial charge in [0, 0.05) is 29.8 Å². The maximum Gasteiger partial charge on any atom is 0.212 e. The van der Waals surface area contributed by atoms with E-state index >= 15 is 0 Å². The van der Waals surface area contributed by atoms with Crippen molar-refractivity contribution in [2.24, 2.45) is 5.73 Å². The van der Waals surface area contributed by atoms with E-state index in [4.69, 9.17) is 5.73 Å². The third-order valence-corrected chi connectivity index (χ3v) is 3.34. The molecule has 17 heavy (non-hydrogen) atoms. The number of nitrogens with two attached hydrogens (primary N) is 1. The lowest BCUT2D eigenvalue weighted by Crippen LogP contribution is -2.05. The van der Waals surface area contributed by atoms with Crippen molar-refractivity contribution < 1.29 is 0 Å². The number of hydrogen-bond donors (Lipinski definition) is 1. The van der Waals surface area contributed by atoms with Crippen molar-refractivity contribution >= 4 is 16.3 Å². The second-order valence-corrected chi connectivity index (χ2v) is 4.47. The summed E-state index contributed by atoms with van der Waals surface area (Å²) in [5.41, 5.74) is 7.60. The lowest BCUT2D eigenvalue weighted by Gasteiger charge is -1.94. The third kappa shape index (κ3) is 1.81. The molecule has 3 aromatic heterocycles. The van der Waals surface area contributed by atoms with Crippen LogP contribution in [0.15, 0.2) is 29.9 Å². The van der Waals surface area contributed by atoms with Crippen molar-refractivity contribution in [2.45, 2.75) is 6.42 Å². The molecule has 5 nitrogen and oxygen atoms in total. The molecule has 2 N–H and O–H groups in total. The minimum absolute atomic E-state index is 0.619. The first-order chi connectivity index (χ1) is 8.38. The van der Waals surface area contributed by atoms with Gasteiger partial charge in [0.1, 0.15) is 0 Å². The highest BCUT2D eigenvalue weighted by Gasteiger charge is 2.10. The third-order valence-electron chi connectivity index (χ3n) is 2.47. The van der Waals surface area contributed by atoms with Crippen LogP contribution in [0.4, 0.5) is 0 Å². The van der Waals surface area contributed by atoms with E-state index in [0.717, 1.165) is 22.6 Å². The maximum absolute atomic E-state index is 5.56. The zero-order valence-corrected chi connectivity index (χ0v) is 9.89. The highest BCUT2D eigenvalue weighted by atomic mass is 32.1. The van der Waals surface area contributed by atoms with E-state index in [1.807, 2.05) is 16.6 Å². The van der Waals surface area contributed by atoms with Crippen LogP contribution in [0.2, 0.25) is 0 Å². The Kier molecular flexibility index (Phi) is 2.58. The van der Waals surface area contributed by atoms with Gasteiger partial charge in [0.05, 0.1) is 5.69 Å². The standard InChI is InChI=1S/C11H11N5S/c12-4-3-9-7-17-11-14-10(15-16(9)11)8-2-1-5-13-6-8/h1-2,5-7H,3-4,12H2. The van der Waals surface area contributed by atoms with Gasteiger partial charge < -0.3 is 5.73 Å². The molecule has 0 spiro atoms. The first-order valence-electron chi connectivity index (χ1n) is 5.32. The normalized spacial score (nSPS) is 11.1. The number of aromatic nitrogens is 4. The van der Waals surface area contributed by atoms with Crippen molar-refractivity contribution in [3.05, 3.63) is 35.6 Å². The van der Waals surface area contributed by atoms with Gasteiger partial charge in [-0.2, -0.15) is 4.98 Å². The number of fused-ring (bicyclic) bond motifs is 1. The summed E-state index contributed by atoms with van der Waals surface area (Å²) >= 11 is 1.58. The Morgan fingerprint density at radius 3 is 3.12 bits per heavy atom. The van der Waals surface area contributed by atoms with Crippen molar-refractivity contribution in [2.75, 3.05) is 6.54 Å². The molecule has 0 amide bonds. The molecule has 86 valence electrons. The van der Waals surface area contributed by atoms with Crippen molar-refractivity contribution in [3.63, 3.8) is 0 Å². The molecule has 0 unspecified atom stereocenters. The van der Waals surface area contributed by atoms with Crippen molar-refractivity contribution in [1.82, 2.24) is 19.6 Å². The molecule has 0 radical (unpaired) electrons. The average Bonchev–Trinajstić information content (AvgIpc) is 2.93. The quantitative estimate of drug-likeness (QED) is 0.756. The first-order valence-corrected chi connectivity index (χ1v) is 6.20. The summed E-state index contributed by atoms with van der Waals surface area (Å²) in [5, 5.41) is 6.53. The van der Waals surface area contributed by atoms with Gasteiger partial charge in [0.15, 0.2) is 5.82 Å². The van der Waals surface area contributed by atoms with Crippen LogP contribution in [0.25, 0.3) is 16.3 Å². The molecule has 0 saturated heterocycles. The Bertz CT molecular complexity index is 628. The Labute approximate surface area is 102 Å². The smallest absolute Gasteiger partial charge is 0.212 e. The molecule has 0 atom stereocenters. The number of hydrogen-bond acceptors (Lipinski definition) is 5. The Morgan fingerprint density at radius 1 is 1.41 bits per heavy atom. The van der Waals surface area contributed by atoms with Crippen LogP contribution in [0.1, 0.15) is 5.69 Å². The van der Waals surface area contributed by atoms with E-state index in [1.165, 1.54) is 0 Å². The highest BCUT2D eigenvalue weighted by Crippen LogP contribution is 2.20. The molecule has 0 saturated carbocycles. The van der Waals surface area contributed by atoms with Crippen LogP contribution in [0.5, 0.6) is 0 Å². The van der Waals surface area contributed by atoms with Gasteiger partial charge in [-0.3, -0.25) is 4.98 Å². The summed E-state index contributed by atoms with van der Waals surface area (Å²) in [6.45, 7) is 0.619. The van der Waals surface area contributed by atoms with Crippen molar-refractivity contribution in [3.8, 4) is 11.4 Å². The van der Waals surface area contributed by atoms with Crippen LogP contribution >= 0.6 is 11.3 Å². The number of nitrogens with zero attached hydrogens (tertiary/aromatic N) is 4. The summed E-state index contributed by atoms with van der Waals surface area (Å²) in [5.74, 6) is 0.711. The Morgan fingerprint density at radius 2 is 2.35 bits per heavy atom. The van der Waals surface area contributed by atoms with Gasteiger partial charge in [0.2, 0.25) is 4.96 Å². The molecule has 0 aliphatic carbocycles. The van der Waals surface area contributed by atoms with Crippen LogP contribution in [0.3, 0.4) is 0 Å². The van der Waals surface area contributed by atoms with Crippen molar-refractivity contribution in [1.29, 1.82) is 0 Å². The zero-order chi connectivity index (χ0) is 11.7. The predicted molar refractivity (Wildman–Crippen MR) is 66.9 cm³/mol. The van der Waals surface area contributed by atoms with Crippen LogP contribution in [-0.4, -0.2) is 26.1 Å². The number of pyridine rings is 1. The van der Waals surface area contributed by atoms with E-state index in [2.05, 4.69) is 20.4 Å². The summed E-state index contributed by atoms with van der Waals surface area (Å²) in [7, 11) is 0.